The van der Waals surface area contributed by atoms with Crippen LogP contribution in [0.3, 0.4) is 0 Å². The molecule has 0 fully saturated rings. The van der Waals surface area contributed by atoms with E-state index in [1.165, 1.54) is 20.2 Å². The first-order chi connectivity index (χ1) is 23.8. The van der Waals surface area contributed by atoms with Crippen LogP contribution in [0.2, 0.25) is 0 Å². The Kier molecular flexibility index (Phi) is 6.01. The van der Waals surface area contributed by atoms with Crippen molar-refractivity contribution in [2.75, 3.05) is 0 Å². The van der Waals surface area contributed by atoms with Gasteiger partial charge in [0.1, 0.15) is 11.2 Å². The van der Waals surface area contributed by atoms with Gasteiger partial charge in [0, 0.05) is 53.2 Å². The summed E-state index contributed by atoms with van der Waals surface area (Å²) < 4.78 is 9.26. The van der Waals surface area contributed by atoms with E-state index in [9.17, 15) is 0 Å². The van der Waals surface area contributed by atoms with Crippen molar-refractivity contribution in [3.63, 3.8) is 0 Å². The normalized spacial score (nSPS) is 11.8. The third-order valence-electron chi connectivity index (χ3n) is 9.11. The zero-order chi connectivity index (χ0) is 31.6. The lowest BCUT2D eigenvalue weighted by molar-refractivity contribution is 0.670. The lowest BCUT2D eigenvalue weighted by Gasteiger charge is -2.10. The Morgan fingerprint density at radius 2 is 1.10 bits per heavy atom. The quantitative estimate of drug-likeness (QED) is 0.194. The smallest absolute Gasteiger partial charge is 0.164 e. The van der Waals surface area contributed by atoms with Gasteiger partial charge >= 0.3 is 0 Å². The maximum atomic E-state index is 6.75. The Labute approximate surface area is 279 Å². The standard InChI is InChI=1S/C43H25N3OS/c1-3-12-26(13-4-1)38-30-17-8-7-16-28(30)24-34-39-32(19-11-20-35(39)47-40(34)38)43-45-41(27-14-5-2-6-15-27)44-42(46-43)29-22-23-37-33(25-29)31-18-9-10-21-36(31)48-37/h1-25H. The second-order valence-corrected chi connectivity index (χ2v) is 13.1. The van der Waals surface area contributed by atoms with Crippen LogP contribution in [0.15, 0.2) is 156 Å². The molecular weight excluding hydrogens is 607 g/mol. The van der Waals surface area contributed by atoms with Crippen LogP contribution in [0.5, 0.6) is 0 Å². The second kappa shape index (κ2) is 10.7. The Bertz CT molecular complexity index is 2840. The van der Waals surface area contributed by atoms with E-state index in [-0.39, 0.29) is 0 Å². The molecule has 48 heavy (non-hydrogen) atoms. The van der Waals surface area contributed by atoms with Gasteiger partial charge in [0.15, 0.2) is 17.5 Å². The number of thiophene rings is 1. The first kappa shape index (κ1) is 27.0. The molecule has 3 heterocycles. The van der Waals surface area contributed by atoms with Crippen molar-refractivity contribution < 1.29 is 4.42 Å². The molecule has 0 radical (unpaired) electrons. The van der Waals surface area contributed by atoms with Crippen LogP contribution < -0.4 is 0 Å². The van der Waals surface area contributed by atoms with E-state index in [4.69, 9.17) is 19.4 Å². The summed E-state index contributed by atoms with van der Waals surface area (Å²) in [6.45, 7) is 0. The molecule has 10 rings (SSSR count). The van der Waals surface area contributed by atoms with Crippen LogP contribution in [0.25, 0.3) is 98.2 Å². The van der Waals surface area contributed by atoms with Crippen molar-refractivity contribution in [1.29, 1.82) is 0 Å². The molecule has 0 spiro atoms. The summed E-state index contributed by atoms with van der Waals surface area (Å²) in [5.41, 5.74) is 6.65. The van der Waals surface area contributed by atoms with E-state index in [1.807, 2.05) is 48.5 Å². The summed E-state index contributed by atoms with van der Waals surface area (Å²) in [6.07, 6.45) is 0. The van der Waals surface area contributed by atoms with E-state index in [0.29, 0.717) is 17.5 Å². The monoisotopic (exact) mass is 631 g/mol. The molecule has 4 nitrogen and oxygen atoms in total. The molecular formula is C43H25N3OS. The molecule has 7 aromatic carbocycles. The predicted octanol–water partition coefficient (Wildman–Crippen LogP) is 12.0. The number of hydrogen-bond donors (Lipinski definition) is 0. The maximum Gasteiger partial charge on any atom is 0.164 e. The molecule has 3 aromatic heterocycles. The number of hydrogen-bond acceptors (Lipinski definition) is 5. The molecule has 0 aliphatic carbocycles. The first-order valence-corrected chi connectivity index (χ1v) is 16.8. The van der Waals surface area contributed by atoms with Crippen molar-refractivity contribution in [2.45, 2.75) is 0 Å². The summed E-state index contributed by atoms with van der Waals surface area (Å²) in [5, 5.41) is 6.78. The molecule has 5 heteroatoms. The summed E-state index contributed by atoms with van der Waals surface area (Å²) in [4.78, 5) is 15.4. The van der Waals surface area contributed by atoms with Crippen LogP contribution >= 0.6 is 11.3 Å². The van der Waals surface area contributed by atoms with Gasteiger partial charge in [0.05, 0.1) is 0 Å². The summed E-state index contributed by atoms with van der Waals surface area (Å²) >= 11 is 1.81. The number of aromatic nitrogens is 3. The van der Waals surface area contributed by atoms with Crippen LogP contribution in [0.1, 0.15) is 0 Å². The van der Waals surface area contributed by atoms with Crippen LogP contribution in [-0.4, -0.2) is 15.0 Å². The van der Waals surface area contributed by atoms with Gasteiger partial charge in [-0.2, -0.15) is 0 Å². The van der Waals surface area contributed by atoms with Crippen LogP contribution in [-0.2, 0) is 0 Å². The van der Waals surface area contributed by atoms with Gasteiger partial charge in [0.25, 0.3) is 0 Å². The van der Waals surface area contributed by atoms with E-state index in [2.05, 4.69) is 103 Å². The molecule has 0 amide bonds. The highest BCUT2D eigenvalue weighted by Gasteiger charge is 2.21. The minimum Gasteiger partial charge on any atom is -0.455 e. The predicted molar refractivity (Wildman–Crippen MR) is 199 cm³/mol. The lowest BCUT2D eigenvalue weighted by Crippen LogP contribution is -2.00. The van der Waals surface area contributed by atoms with Crippen molar-refractivity contribution in [3.8, 4) is 45.3 Å². The number of fused-ring (bicyclic) bond motifs is 7. The average molecular weight is 632 g/mol. The Balaban J connectivity index is 1.26. The fraction of sp³-hybridized carbons (Fsp3) is 0. The van der Waals surface area contributed by atoms with E-state index >= 15 is 0 Å². The van der Waals surface area contributed by atoms with Crippen LogP contribution in [0, 0.1) is 0 Å². The van der Waals surface area contributed by atoms with Gasteiger partial charge in [-0.05, 0) is 52.7 Å². The van der Waals surface area contributed by atoms with Gasteiger partial charge in [-0.3, -0.25) is 0 Å². The van der Waals surface area contributed by atoms with Gasteiger partial charge in [-0.1, -0.05) is 115 Å². The number of benzene rings is 7. The number of nitrogens with zero attached hydrogens (tertiary/aromatic N) is 3. The van der Waals surface area contributed by atoms with Gasteiger partial charge in [0.2, 0.25) is 0 Å². The fourth-order valence-electron chi connectivity index (χ4n) is 6.91. The fourth-order valence-corrected chi connectivity index (χ4v) is 8.00. The summed E-state index contributed by atoms with van der Waals surface area (Å²) in [6, 6.07) is 52.6. The zero-order valence-electron chi connectivity index (χ0n) is 25.6. The lowest BCUT2D eigenvalue weighted by atomic mass is 9.94. The minimum absolute atomic E-state index is 0.608. The van der Waals surface area contributed by atoms with Crippen molar-refractivity contribution in [1.82, 2.24) is 15.0 Å². The molecule has 0 aliphatic heterocycles. The molecule has 10 aromatic rings. The van der Waals surface area contributed by atoms with E-state index < -0.39 is 0 Å². The Morgan fingerprint density at radius 3 is 1.94 bits per heavy atom. The first-order valence-electron chi connectivity index (χ1n) is 15.9. The SMILES string of the molecule is c1ccc(-c2nc(-c3ccc4sc5ccccc5c4c3)nc(-c3cccc4oc5c(-c6ccccc6)c6ccccc6cc5c34)n2)cc1. The topological polar surface area (TPSA) is 51.8 Å². The highest BCUT2D eigenvalue weighted by atomic mass is 32.1. The van der Waals surface area contributed by atoms with Gasteiger partial charge < -0.3 is 4.42 Å². The van der Waals surface area contributed by atoms with E-state index in [0.717, 1.165) is 60.5 Å². The molecule has 0 saturated carbocycles. The van der Waals surface area contributed by atoms with Crippen molar-refractivity contribution >= 4 is 64.2 Å². The minimum atomic E-state index is 0.608. The maximum absolute atomic E-state index is 6.75. The third kappa shape index (κ3) is 4.25. The molecule has 224 valence electrons. The van der Waals surface area contributed by atoms with E-state index in [1.54, 1.807) is 11.3 Å². The molecule has 0 N–H and O–H groups in total. The summed E-state index contributed by atoms with van der Waals surface area (Å²) in [7, 11) is 0. The van der Waals surface area contributed by atoms with Gasteiger partial charge in [-0.15, -0.1) is 11.3 Å². The Hall–Kier alpha value is -6.17. The van der Waals surface area contributed by atoms with Crippen LogP contribution in [0.4, 0.5) is 0 Å². The Morgan fingerprint density at radius 1 is 0.438 bits per heavy atom. The molecule has 0 unspecified atom stereocenters. The van der Waals surface area contributed by atoms with Crippen molar-refractivity contribution in [3.05, 3.63) is 152 Å². The summed E-state index contributed by atoms with van der Waals surface area (Å²) in [5.74, 6) is 1.87. The molecule has 0 saturated heterocycles. The number of furan rings is 1. The van der Waals surface area contributed by atoms with Crippen molar-refractivity contribution in [2.24, 2.45) is 0 Å². The molecule has 0 atom stereocenters. The third-order valence-corrected chi connectivity index (χ3v) is 10.3. The largest absolute Gasteiger partial charge is 0.455 e. The zero-order valence-corrected chi connectivity index (χ0v) is 26.4. The second-order valence-electron chi connectivity index (χ2n) is 12.0. The average Bonchev–Trinajstić information content (AvgIpc) is 3.72. The highest BCUT2D eigenvalue weighted by Crippen LogP contribution is 2.44. The van der Waals surface area contributed by atoms with Gasteiger partial charge in [-0.25, -0.2) is 15.0 Å². The molecule has 0 bridgehead atoms. The number of rotatable bonds is 4. The highest BCUT2D eigenvalue weighted by molar-refractivity contribution is 7.25. The molecule has 0 aliphatic rings.